The fourth-order valence-corrected chi connectivity index (χ4v) is 3.85. The number of anilines is 1. The Labute approximate surface area is 177 Å². The summed E-state index contributed by atoms with van der Waals surface area (Å²) in [5, 5.41) is 2.70. The van der Waals surface area contributed by atoms with E-state index in [-0.39, 0.29) is 24.5 Å². The Balaban J connectivity index is 1.38. The average Bonchev–Trinajstić information content (AvgIpc) is 2.74. The number of piperazine rings is 1. The van der Waals surface area contributed by atoms with E-state index in [9.17, 15) is 22.8 Å². The average molecular weight is 433 g/mol. The van der Waals surface area contributed by atoms with Gasteiger partial charge in [0.15, 0.2) is 6.61 Å². The van der Waals surface area contributed by atoms with Crippen LogP contribution in [0.5, 0.6) is 5.75 Å². The molecular formula is C22H22F3N3O3. The number of ether oxygens (including phenoxy) is 1. The Morgan fingerprint density at radius 2 is 1.90 bits per heavy atom. The highest BCUT2D eigenvalue weighted by atomic mass is 19.4. The van der Waals surface area contributed by atoms with Gasteiger partial charge in [-0.25, -0.2) is 0 Å². The molecule has 2 amide bonds. The first-order valence-electron chi connectivity index (χ1n) is 9.97. The standard InChI is InChI=1S/C22H22F3N3O3/c1-14-11-28(21(30)16-4-7-19-18(10-16)26-20(29)13-31-19)9-8-27(14)12-15-2-5-17(6-3-15)22(23,24)25/h2-7,10,14H,8-9,11-13H2,1H3,(H,26,29). The summed E-state index contributed by atoms with van der Waals surface area (Å²) in [5.74, 6) is 0.136. The molecule has 0 spiro atoms. The molecule has 2 heterocycles. The number of rotatable bonds is 3. The van der Waals surface area contributed by atoms with E-state index in [1.54, 1.807) is 23.1 Å². The first-order chi connectivity index (χ1) is 14.7. The van der Waals surface area contributed by atoms with Gasteiger partial charge < -0.3 is 15.0 Å². The third kappa shape index (κ3) is 4.66. The highest BCUT2D eigenvalue weighted by molar-refractivity contribution is 5.99. The molecule has 6 nitrogen and oxygen atoms in total. The van der Waals surface area contributed by atoms with Crippen molar-refractivity contribution in [3.63, 3.8) is 0 Å². The molecule has 4 rings (SSSR count). The Bertz CT molecular complexity index is 992. The lowest BCUT2D eigenvalue weighted by atomic mass is 10.1. The molecule has 9 heteroatoms. The fraction of sp³-hybridized carbons (Fsp3) is 0.364. The van der Waals surface area contributed by atoms with Crippen LogP contribution in [0, 0.1) is 0 Å². The van der Waals surface area contributed by atoms with Crippen molar-refractivity contribution in [2.75, 3.05) is 31.6 Å². The Morgan fingerprint density at radius 1 is 1.16 bits per heavy atom. The summed E-state index contributed by atoms with van der Waals surface area (Å²) in [7, 11) is 0. The number of nitrogens with zero attached hydrogens (tertiary/aromatic N) is 2. The summed E-state index contributed by atoms with van der Waals surface area (Å²) in [6.07, 6.45) is -4.34. The van der Waals surface area contributed by atoms with Crippen molar-refractivity contribution in [2.24, 2.45) is 0 Å². The maximum absolute atomic E-state index is 13.0. The van der Waals surface area contributed by atoms with Gasteiger partial charge in [-0.15, -0.1) is 0 Å². The van der Waals surface area contributed by atoms with E-state index in [1.807, 2.05) is 6.92 Å². The van der Waals surface area contributed by atoms with Crippen LogP contribution in [0.1, 0.15) is 28.4 Å². The van der Waals surface area contributed by atoms with E-state index in [4.69, 9.17) is 4.74 Å². The van der Waals surface area contributed by atoms with Gasteiger partial charge in [-0.05, 0) is 42.8 Å². The lowest BCUT2D eigenvalue weighted by Gasteiger charge is -2.40. The minimum atomic E-state index is -4.34. The normalized spacial score (nSPS) is 19.4. The van der Waals surface area contributed by atoms with Crippen LogP contribution >= 0.6 is 0 Å². The number of nitrogens with one attached hydrogen (secondary N) is 1. The van der Waals surface area contributed by atoms with Gasteiger partial charge in [0.05, 0.1) is 11.3 Å². The topological polar surface area (TPSA) is 61.9 Å². The quantitative estimate of drug-likeness (QED) is 0.806. The number of hydrogen-bond donors (Lipinski definition) is 1. The molecular weight excluding hydrogens is 411 g/mol. The van der Waals surface area contributed by atoms with Crippen LogP contribution in [0.4, 0.5) is 18.9 Å². The van der Waals surface area contributed by atoms with Gasteiger partial charge in [-0.2, -0.15) is 13.2 Å². The smallest absolute Gasteiger partial charge is 0.416 e. The van der Waals surface area contributed by atoms with Crippen molar-refractivity contribution in [3.05, 3.63) is 59.2 Å². The molecule has 2 aromatic carbocycles. The van der Waals surface area contributed by atoms with Crippen LogP contribution in [0.3, 0.4) is 0 Å². The summed E-state index contributed by atoms with van der Waals surface area (Å²) in [6, 6.07) is 10.2. The number of carbonyl (C=O) groups excluding carboxylic acids is 2. The van der Waals surface area contributed by atoms with Crippen molar-refractivity contribution in [2.45, 2.75) is 25.7 Å². The SMILES string of the molecule is CC1CN(C(=O)c2ccc3c(c2)NC(=O)CO3)CCN1Cc1ccc(C(F)(F)F)cc1. The first-order valence-corrected chi connectivity index (χ1v) is 9.97. The molecule has 31 heavy (non-hydrogen) atoms. The van der Waals surface area contributed by atoms with E-state index < -0.39 is 11.7 Å². The second kappa shape index (κ2) is 8.22. The van der Waals surface area contributed by atoms with Crippen molar-refractivity contribution in [3.8, 4) is 5.75 Å². The van der Waals surface area contributed by atoms with Gasteiger partial charge in [0.2, 0.25) is 0 Å². The van der Waals surface area contributed by atoms with Crippen molar-refractivity contribution >= 4 is 17.5 Å². The zero-order chi connectivity index (χ0) is 22.2. The molecule has 1 fully saturated rings. The predicted molar refractivity (Wildman–Crippen MR) is 108 cm³/mol. The summed E-state index contributed by atoms with van der Waals surface area (Å²) >= 11 is 0. The molecule has 0 radical (unpaired) electrons. The van der Waals surface area contributed by atoms with Gasteiger partial charge in [0.1, 0.15) is 5.75 Å². The van der Waals surface area contributed by atoms with Gasteiger partial charge in [-0.1, -0.05) is 12.1 Å². The zero-order valence-electron chi connectivity index (χ0n) is 16.9. The second-order valence-corrected chi connectivity index (χ2v) is 7.81. The minimum absolute atomic E-state index is 0.0423. The molecule has 2 aliphatic heterocycles. The largest absolute Gasteiger partial charge is 0.482 e. The molecule has 0 aromatic heterocycles. The van der Waals surface area contributed by atoms with E-state index in [2.05, 4.69) is 10.2 Å². The molecule has 1 atom stereocenters. The molecule has 0 aliphatic carbocycles. The Hall–Kier alpha value is -3.07. The van der Waals surface area contributed by atoms with Crippen molar-refractivity contribution in [1.82, 2.24) is 9.80 Å². The first kappa shape index (κ1) is 21.2. The Kier molecular flexibility index (Phi) is 5.62. The minimum Gasteiger partial charge on any atom is -0.482 e. The van der Waals surface area contributed by atoms with Gasteiger partial charge in [0.25, 0.3) is 11.8 Å². The fourth-order valence-electron chi connectivity index (χ4n) is 3.85. The molecule has 0 saturated carbocycles. The van der Waals surface area contributed by atoms with Crippen LogP contribution in [-0.4, -0.2) is 53.9 Å². The third-order valence-corrected chi connectivity index (χ3v) is 5.58. The van der Waals surface area contributed by atoms with Gasteiger partial charge >= 0.3 is 6.18 Å². The van der Waals surface area contributed by atoms with Crippen LogP contribution in [0.15, 0.2) is 42.5 Å². The highest BCUT2D eigenvalue weighted by Crippen LogP contribution is 2.30. The number of benzene rings is 2. The van der Waals surface area contributed by atoms with E-state index >= 15 is 0 Å². The number of fused-ring (bicyclic) bond motifs is 1. The number of halogens is 3. The highest BCUT2D eigenvalue weighted by Gasteiger charge is 2.31. The number of carbonyl (C=O) groups is 2. The van der Waals surface area contributed by atoms with Crippen LogP contribution in [-0.2, 0) is 17.5 Å². The molecule has 1 N–H and O–H groups in total. The third-order valence-electron chi connectivity index (χ3n) is 5.58. The monoisotopic (exact) mass is 433 g/mol. The maximum atomic E-state index is 13.0. The van der Waals surface area contributed by atoms with Crippen LogP contribution in [0.2, 0.25) is 0 Å². The van der Waals surface area contributed by atoms with Crippen LogP contribution in [0.25, 0.3) is 0 Å². The number of amides is 2. The number of hydrogen-bond acceptors (Lipinski definition) is 4. The molecule has 164 valence electrons. The molecule has 2 aliphatic rings. The molecule has 1 unspecified atom stereocenters. The summed E-state index contributed by atoms with van der Waals surface area (Å²) in [4.78, 5) is 28.4. The van der Waals surface area contributed by atoms with E-state index in [0.717, 1.165) is 17.7 Å². The Morgan fingerprint density at radius 3 is 2.58 bits per heavy atom. The maximum Gasteiger partial charge on any atom is 0.416 e. The second-order valence-electron chi connectivity index (χ2n) is 7.81. The van der Waals surface area contributed by atoms with Crippen molar-refractivity contribution < 1.29 is 27.5 Å². The van der Waals surface area contributed by atoms with Crippen molar-refractivity contribution in [1.29, 1.82) is 0 Å². The lowest BCUT2D eigenvalue weighted by molar-refractivity contribution is -0.137. The lowest BCUT2D eigenvalue weighted by Crippen LogP contribution is -2.53. The molecule has 0 bridgehead atoms. The van der Waals surface area contributed by atoms with Gasteiger partial charge in [0, 0.05) is 37.8 Å². The predicted octanol–water partition coefficient (Wildman–Crippen LogP) is 3.38. The van der Waals surface area contributed by atoms with E-state index in [1.165, 1.54) is 12.1 Å². The number of alkyl halides is 3. The zero-order valence-corrected chi connectivity index (χ0v) is 16.9. The van der Waals surface area contributed by atoms with Crippen LogP contribution < -0.4 is 10.1 Å². The summed E-state index contributed by atoms with van der Waals surface area (Å²) in [5.41, 5.74) is 1.08. The van der Waals surface area contributed by atoms with Gasteiger partial charge in [-0.3, -0.25) is 14.5 Å². The molecule has 1 saturated heterocycles. The summed E-state index contributed by atoms with van der Waals surface area (Å²) in [6.45, 7) is 4.08. The molecule has 2 aromatic rings. The summed E-state index contributed by atoms with van der Waals surface area (Å²) < 4.78 is 43.5. The van der Waals surface area contributed by atoms with E-state index in [0.29, 0.717) is 43.2 Å².